The molecule has 1 saturated carbocycles. The summed E-state index contributed by atoms with van der Waals surface area (Å²) in [5.74, 6) is 1.49. The van der Waals surface area contributed by atoms with E-state index in [1.807, 2.05) is 0 Å². The predicted octanol–water partition coefficient (Wildman–Crippen LogP) is 5.51. The Balaban J connectivity index is 2.40. The average Bonchev–Trinajstić information content (AvgIpc) is 3.21. The molecule has 0 aliphatic heterocycles. The Morgan fingerprint density at radius 2 is 1.45 bits per heavy atom. The van der Waals surface area contributed by atoms with Crippen LogP contribution in [0.1, 0.15) is 88.8 Å². The molecule has 2 N–H and O–H groups in total. The van der Waals surface area contributed by atoms with Gasteiger partial charge in [-0.3, -0.25) is 0 Å². The highest BCUT2D eigenvalue weighted by atomic mass is 32.1. The van der Waals surface area contributed by atoms with Crippen LogP contribution in [0, 0.1) is 0 Å². The third kappa shape index (κ3) is 4.22. The van der Waals surface area contributed by atoms with Crippen LogP contribution in [0.3, 0.4) is 0 Å². The number of benzene rings is 1. The number of rotatable bonds is 5. The fourth-order valence-corrected chi connectivity index (χ4v) is 2.93. The topological polar surface area (TPSA) is 24.1 Å². The highest BCUT2D eigenvalue weighted by Gasteiger charge is 2.23. The molecule has 0 bridgehead atoms. The zero-order valence-corrected chi connectivity index (χ0v) is 15.6. The SMILES string of the molecule is CC(C)c1cc(C(C)C)c(NC(=S)NC2CC2)c(C(C)C)c1. The van der Waals surface area contributed by atoms with Crippen LogP contribution < -0.4 is 10.6 Å². The average molecular weight is 319 g/mol. The molecule has 0 heterocycles. The molecule has 0 aromatic heterocycles. The minimum Gasteiger partial charge on any atom is -0.360 e. The van der Waals surface area contributed by atoms with Crippen molar-refractivity contribution in [3.8, 4) is 0 Å². The minimum absolute atomic E-state index is 0.474. The van der Waals surface area contributed by atoms with Crippen LogP contribution in [0.4, 0.5) is 5.69 Å². The van der Waals surface area contributed by atoms with Crippen LogP contribution in [0.25, 0.3) is 0 Å². The van der Waals surface area contributed by atoms with Crippen molar-refractivity contribution in [2.75, 3.05) is 5.32 Å². The Morgan fingerprint density at radius 1 is 0.955 bits per heavy atom. The maximum Gasteiger partial charge on any atom is 0.171 e. The molecule has 0 unspecified atom stereocenters. The Hall–Kier alpha value is -1.09. The third-order valence-corrected chi connectivity index (χ3v) is 4.50. The molecule has 0 spiro atoms. The van der Waals surface area contributed by atoms with Crippen LogP contribution in [0.15, 0.2) is 12.1 Å². The van der Waals surface area contributed by atoms with E-state index in [9.17, 15) is 0 Å². The van der Waals surface area contributed by atoms with Crippen molar-refractivity contribution in [3.63, 3.8) is 0 Å². The molecule has 2 nitrogen and oxygen atoms in total. The van der Waals surface area contributed by atoms with E-state index in [0.29, 0.717) is 23.8 Å². The van der Waals surface area contributed by atoms with Gasteiger partial charge in [-0.05, 0) is 59.5 Å². The summed E-state index contributed by atoms with van der Waals surface area (Å²) < 4.78 is 0. The zero-order valence-electron chi connectivity index (χ0n) is 14.8. The van der Waals surface area contributed by atoms with Crippen molar-refractivity contribution in [1.82, 2.24) is 5.32 Å². The summed E-state index contributed by atoms with van der Waals surface area (Å²) >= 11 is 5.51. The predicted molar refractivity (Wildman–Crippen MR) is 101 cm³/mol. The summed E-state index contributed by atoms with van der Waals surface area (Å²) in [5, 5.41) is 7.66. The van der Waals surface area contributed by atoms with E-state index in [1.54, 1.807) is 0 Å². The summed E-state index contributed by atoms with van der Waals surface area (Å²) in [4.78, 5) is 0. The maximum atomic E-state index is 5.51. The van der Waals surface area contributed by atoms with Gasteiger partial charge in [0.1, 0.15) is 0 Å². The smallest absolute Gasteiger partial charge is 0.171 e. The minimum atomic E-state index is 0.474. The van der Waals surface area contributed by atoms with Crippen LogP contribution in [0.5, 0.6) is 0 Å². The molecule has 0 radical (unpaired) electrons. The van der Waals surface area contributed by atoms with E-state index in [0.717, 1.165) is 5.11 Å². The van der Waals surface area contributed by atoms with Gasteiger partial charge in [-0.15, -0.1) is 0 Å². The molecule has 1 aliphatic carbocycles. The first-order valence-corrected chi connectivity index (χ1v) is 8.95. The summed E-state index contributed by atoms with van der Waals surface area (Å²) in [6, 6.07) is 5.28. The van der Waals surface area contributed by atoms with Gasteiger partial charge < -0.3 is 10.6 Å². The molecule has 0 amide bonds. The van der Waals surface area contributed by atoms with Gasteiger partial charge in [0.05, 0.1) is 0 Å². The van der Waals surface area contributed by atoms with Crippen molar-refractivity contribution < 1.29 is 0 Å². The van der Waals surface area contributed by atoms with E-state index >= 15 is 0 Å². The normalized spacial score (nSPS) is 14.8. The molecular weight excluding hydrogens is 288 g/mol. The molecule has 3 heteroatoms. The van der Waals surface area contributed by atoms with Gasteiger partial charge in [0, 0.05) is 11.7 Å². The van der Waals surface area contributed by atoms with Crippen molar-refractivity contribution in [2.45, 2.75) is 78.2 Å². The number of nitrogens with one attached hydrogen (secondary N) is 2. The van der Waals surface area contributed by atoms with Crippen LogP contribution in [-0.4, -0.2) is 11.2 Å². The molecular formula is C19H30N2S. The molecule has 1 aromatic carbocycles. The fourth-order valence-electron chi connectivity index (χ4n) is 2.66. The Bertz CT molecular complexity index is 513. The van der Waals surface area contributed by atoms with E-state index in [2.05, 4.69) is 64.3 Å². The molecule has 122 valence electrons. The van der Waals surface area contributed by atoms with Gasteiger partial charge in [0.15, 0.2) is 5.11 Å². The fraction of sp³-hybridized carbons (Fsp3) is 0.632. The first kappa shape index (κ1) is 17.3. The summed E-state index contributed by atoms with van der Waals surface area (Å²) in [6.45, 7) is 13.5. The highest BCUT2D eigenvalue weighted by molar-refractivity contribution is 7.80. The number of hydrogen-bond donors (Lipinski definition) is 2. The van der Waals surface area contributed by atoms with Crippen molar-refractivity contribution in [1.29, 1.82) is 0 Å². The Morgan fingerprint density at radius 3 is 1.82 bits per heavy atom. The largest absolute Gasteiger partial charge is 0.360 e. The van der Waals surface area contributed by atoms with Gasteiger partial charge in [0.25, 0.3) is 0 Å². The van der Waals surface area contributed by atoms with Gasteiger partial charge in [-0.25, -0.2) is 0 Å². The van der Waals surface area contributed by atoms with Gasteiger partial charge in [-0.1, -0.05) is 53.7 Å². The Kier molecular flexibility index (Phi) is 5.49. The first-order chi connectivity index (χ1) is 10.3. The lowest BCUT2D eigenvalue weighted by atomic mass is 9.87. The van der Waals surface area contributed by atoms with Crippen molar-refractivity contribution in [3.05, 3.63) is 28.8 Å². The summed E-state index contributed by atoms with van der Waals surface area (Å²) in [7, 11) is 0. The lowest BCUT2D eigenvalue weighted by Gasteiger charge is -2.24. The lowest BCUT2D eigenvalue weighted by molar-refractivity contribution is 0.807. The monoisotopic (exact) mass is 318 g/mol. The van der Waals surface area contributed by atoms with Crippen LogP contribution in [0.2, 0.25) is 0 Å². The molecule has 0 atom stereocenters. The second kappa shape index (κ2) is 6.99. The van der Waals surface area contributed by atoms with E-state index in [-0.39, 0.29) is 0 Å². The Labute approximate surface area is 141 Å². The molecule has 2 rings (SSSR count). The quantitative estimate of drug-likeness (QED) is 0.700. The summed E-state index contributed by atoms with van der Waals surface area (Å²) in [6.07, 6.45) is 2.48. The molecule has 0 saturated heterocycles. The standard InChI is InChI=1S/C19H30N2S/c1-11(2)14-9-16(12(3)4)18(17(10-14)13(5)6)21-19(22)20-15-7-8-15/h9-13,15H,7-8H2,1-6H3,(H2,20,21,22). The molecule has 1 aliphatic rings. The summed E-state index contributed by atoms with van der Waals surface area (Å²) in [5.41, 5.74) is 5.37. The number of thiocarbonyl (C=S) groups is 1. The molecule has 1 aromatic rings. The van der Waals surface area contributed by atoms with Gasteiger partial charge in [-0.2, -0.15) is 0 Å². The first-order valence-electron chi connectivity index (χ1n) is 8.54. The molecule has 22 heavy (non-hydrogen) atoms. The van der Waals surface area contributed by atoms with Crippen molar-refractivity contribution >= 4 is 23.0 Å². The van der Waals surface area contributed by atoms with Gasteiger partial charge in [0.2, 0.25) is 0 Å². The van der Waals surface area contributed by atoms with E-state index in [4.69, 9.17) is 12.2 Å². The third-order valence-electron chi connectivity index (χ3n) is 4.28. The van der Waals surface area contributed by atoms with Crippen LogP contribution >= 0.6 is 12.2 Å². The highest BCUT2D eigenvalue weighted by Crippen LogP contribution is 2.36. The second-order valence-corrected chi connectivity index (χ2v) is 7.82. The number of anilines is 1. The van der Waals surface area contributed by atoms with E-state index in [1.165, 1.54) is 35.2 Å². The maximum absolute atomic E-state index is 5.51. The lowest BCUT2D eigenvalue weighted by Crippen LogP contribution is -2.31. The zero-order chi connectivity index (χ0) is 16.4. The van der Waals surface area contributed by atoms with E-state index < -0.39 is 0 Å². The molecule has 1 fully saturated rings. The van der Waals surface area contributed by atoms with Gasteiger partial charge >= 0.3 is 0 Å². The van der Waals surface area contributed by atoms with Crippen LogP contribution in [-0.2, 0) is 0 Å². The second-order valence-electron chi connectivity index (χ2n) is 7.41. The van der Waals surface area contributed by atoms with Crippen molar-refractivity contribution in [2.24, 2.45) is 0 Å². The number of hydrogen-bond acceptors (Lipinski definition) is 1.